The summed E-state index contributed by atoms with van der Waals surface area (Å²) in [5, 5.41) is 19.6. The third-order valence-corrected chi connectivity index (χ3v) is 5.17. The zero-order valence-corrected chi connectivity index (χ0v) is 16.8. The summed E-state index contributed by atoms with van der Waals surface area (Å²) in [4.78, 5) is 23.7. The number of nitro groups is 1. The quantitative estimate of drug-likeness (QED) is 0.328. The molecule has 0 bridgehead atoms. The third kappa shape index (κ3) is 4.72. The highest BCUT2D eigenvalue weighted by Crippen LogP contribution is 2.34. The molecule has 0 aliphatic carbocycles. The van der Waals surface area contributed by atoms with Gasteiger partial charge in [0.05, 0.1) is 22.5 Å². The molecule has 1 aromatic heterocycles. The number of rotatable bonds is 7. The van der Waals surface area contributed by atoms with Crippen LogP contribution in [-0.2, 0) is 18.4 Å². The average molecular weight is 414 g/mol. The Morgan fingerprint density at radius 3 is 2.72 bits per heavy atom. The molecule has 150 valence electrons. The van der Waals surface area contributed by atoms with Crippen molar-refractivity contribution in [3.05, 3.63) is 69.5 Å². The summed E-state index contributed by atoms with van der Waals surface area (Å²) < 4.78 is 12.2. The van der Waals surface area contributed by atoms with E-state index in [1.54, 1.807) is 17.7 Å². The lowest BCUT2D eigenvalue weighted by atomic mass is 10.1. The molecule has 2 aromatic carbocycles. The smallest absolute Gasteiger partial charge is 0.338 e. The molecule has 0 atom stereocenters. The molecular weight excluding hydrogens is 396 g/mol. The number of carbonyl (C=O) groups is 1. The summed E-state index contributed by atoms with van der Waals surface area (Å²) in [6, 6.07) is 9.73. The van der Waals surface area contributed by atoms with Crippen molar-refractivity contribution in [3.63, 3.8) is 0 Å². The van der Waals surface area contributed by atoms with Crippen LogP contribution in [-0.4, -0.2) is 32.8 Å². The molecule has 0 fully saturated rings. The molecule has 0 saturated carbocycles. The van der Waals surface area contributed by atoms with E-state index in [2.05, 4.69) is 10.2 Å². The largest absolute Gasteiger partial charge is 0.496 e. The number of ether oxygens (including phenoxy) is 2. The van der Waals surface area contributed by atoms with Gasteiger partial charge in [0.2, 0.25) is 0 Å². The normalized spacial score (nSPS) is 10.6. The summed E-state index contributed by atoms with van der Waals surface area (Å²) in [6.07, 6.45) is 1.50. The second-order valence-corrected chi connectivity index (χ2v) is 7.17. The molecule has 0 N–H and O–H groups in total. The highest BCUT2D eigenvalue weighted by molar-refractivity contribution is 7.99. The Labute approximate surface area is 170 Å². The Morgan fingerprint density at radius 2 is 2.07 bits per heavy atom. The van der Waals surface area contributed by atoms with Gasteiger partial charge in [-0.25, -0.2) is 4.79 Å². The van der Waals surface area contributed by atoms with Crippen molar-refractivity contribution in [2.45, 2.75) is 23.6 Å². The van der Waals surface area contributed by atoms with Crippen molar-refractivity contribution in [1.82, 2.24) is 14.8 Å². The van der Waals surface area contributed by atoms with Crippen LogP contribution in [0.4, 0.5) is 5.69 Å². The Kier molecular flexibility index (Phi) is 6.13. The van der Waals surface area contributed by atoms with E-state index in [4.69, 9.17) is 9.47 Å². The van der Waals surface area contributed by atoms with Crippen LogP contribution in [0.3, 0.4) is 0 Å². The van der Waals surface area contributed by atoms with Gasteiger partial charge >= 0.3 is 5.97 Å². The number of hydrogen-bond donors (Lipinski definition) is 0. The second-order valence-electron chi connectivity index (χ2n) is 6.16. The molecule has 0 radical (unpaired) electrons. The molecule has 0 saturated heterocycles. The molecule has 9 nitrogen and oxygen atoms in total. The number of methoxy groups -OCH3 is 1. The van der Waals surface area contributed by atoms with Crippen LogP contribution in [0.15, 0.2) is 52.8 Å². The predicted molar refractivity (Wildman–Crippen MR) is 105 cm³/mol. The minimum absolute atomic E-state index is 0.00702. The molecule has 3 rings (SSSR count). The fourth-order valence-corrected chi connectivity index (χ4v) is 3.43. The van der Waals surface area contributed by atoms with Gasteiger partial charge in [-0.3, -0.25) is 10.1 Å². The highest BCUT2D eigenvalue weighted by atomic mass is 32.2. The molecule has 0 aliphatic rings. The van der Waals surface area contributed by atoms with Gasteiger partial charge in [-0.2, -0.15) is 0 Å². The Morgan fingerprint density at radius 1 is 1.28 bits per heavy atom. The Balaban J connectivity index is 1.79. The number of hydrogen-bond acceptors (Lipinski definition) is 8. The first-order valence-corrected chi connectivity index (χ1v) is 9.31. The SMILES string of the molecule is COc1ccc(C)cc1COC(=O)c1ccc(Sc2nncn2C)c([N+](=O)[O-])c1. The van der Waals surface area contributed by atoms with Crippen molar-refractivity contribution in [1.29, 1.82) is 0 Å². The van der Waals surface area contributed by atoms with E-state index in [9.17, 15) is 14.9 Å². The van der Waals surface area contributed by atoms with Crippen LogP contribution in [0, 0.1) is 17.0 Å². The Hall–Kier alpha value is -3.40. The minimum atomic E-state index is -0.660. The van der Waals surface area contributed by atoms with Gasteiger partial charge in [-0.15, -0.1) is 10.2 Å². The maximum Gasteiger partial charge on any atom is 0.338 e. The lowest BCUT2D eigenvalue weighted by Crippen LogP contribution is -2.07. The molecular formula is C19H18N4O5S. The number of nitro benzene ring substituents is 1. The number of esters is 1. The van der Waals surface area contributed by atoms with Gasteiger partial charge in [-0.05, 0) is 43.0 Å². The van der Waals surface area contributed by atoms with Crippen molar-refractivity contribution in [3.8, 4) is 5.75 Å². The number of benzene rings is 2. The maximum atomic E-state index is 12.4. The van der Waals surface area contributed by atoms with Gasteiger partial charge < -0.3 is 14.0 Å². The molecule has 1 heterocycles. The van der Waals surface area contributed by atoms with Crippen molar-refractivity contribution < 1.29 is 19.2 Å². The number of nitrogens with zero attached hydrogens (tertiary/aromatic N) is 4. The maximum absolute atomic E-state index is 12.4. The van der Waals surface area contributed by atoms with Crippen LogP contribution in [0.1, 0.15) is 21.5 Å². The van der Waals surface area contributed by atoms with Crippen molar-refractivity contribution >= 4 is 23.4 Å². The lowest BCUT2D eigenvalue weighted by molar-refractivity contribution is -0.387. The predicted octanol–water partition coefficient (Wildman–Crippen LogP) is 3.55. The van der Waals surface area contributed by atoms with E-state index in [0.29, 0.717) is 21.4 Å². The first-order valence-electron chi connectivity index (χ1n) is 8.50. The fourth-order valence-electron chi connectivity index (χ4n) is 2.58. The Bertz CT molecular complexity index is 1070. The van der Waals surface area contributed by atoms with Crippen LogP contribution >= 0.6 is 11.8 Å². The summed E-state index contributed by atoms with van der Waals surface area (Å²) in [5.74, 6) is -0.0586. The van der Waals surface area contributed by atoms with Gasteiger partial charge in [0.1, 0.15) is 18.7 Å². The van der Waals surface area contributed by atoms with Gasteiger partial charge in [0, 0.05) is 18.7 Å². The summed E-state index contributed by atoms with van der Waals surface area (Å²) >= 11 is 1.09. The van der Waals surface area contributed by atoms with Gasteiger partial charge in [-0.1, -0.05) is 11.6 Å². The van der Waals surface area contributed by atoms with Crippen molar-refractivity contribution in [2.24, 2.45) is 7.05 Å². The van der Waals surface area contributed by atoms with E-state index in [1.807, 2.05) is 19.1 Å². The fraction of sp³-hybridized carbons (Fsp3) is 0.211. The van der Waals surface area contributed by atoms with E-state index in [1.165, 1.54) is 31.6 Å². The second kappa shape index (κ2) is 8.74. The molecule has 0 amide bonds. The zero-order chi connectivity index (χ0) is 21.0. The molecule has 29 heavy (non-hydrogen) atoms. The first-order chi connectivity index (χ1) is 13.9. The third-order valence-electron chi connectivity index (χ3n) is 4.06. The molecule has 0 aliphatic heterocycles. The van der Waals surface area contributed by atoms with E-state index >= 15 is 0 Å². The lowest BCUT2D eigenvalue weighted by Gasteiger charge is -2.10. The van der Waals surface area contributed by atoms with E-state index in [-0.39, 0.29) is 17.9 Å². The molecule has 0 spiro atoms. The topological polar surface area (TPSA) is 109 Å². The van der Waals surface area contributed by atoms with Crippen LogP contribution in [0.25, 0.3) is 0 Å². The zero-order valence-electron chi connectivity index (χ0n) is 16.0. The summed E-state index contributed by atoms with van der Waals surface area (Å²) in [5.41, 5.74) is 1.59. The first kappa shape index (κ1) is 20.3. The summed E-state index contributed by atoms with van der Waals surface area (Å²) in [6.45, 7) is 1.91. The molecule has 0 unspecified atom stereocenters. The van der Waals surface area contributed by atoms with Gasteiger partial charge in [0.15, 0.2) is 5.16 Å². The van der Waals surface area contributed by atoms with Gasteiger partial charge in [0.25, 0.3) is 5.69 Å². The van der Waals surface area contributed by atoms with Crippen molar-refractivity contribution in [2.75, 3.05) is 7.11 Å². The number of aryl methyl sites for hydroxylation is 2. The monoisotopic (exact) mass is 414 g/mol. The highest BCUT2D eigenvalue weighted by Gasteiger charge is 2.21. The molecule has 10 heteroatoms. The van der Waals surface area contributed by atoms with Crippen LogP contribution in [0.5, 0.6) is 5.75 Å². The average Bonchev–Trinajstić information content (AvgIpc) is 3.10. The van der Waals surface area contributed by atoms with E-state index < -0.39 is 10.9 Å². The summed E-state index contributed by atoms with van der Waals surface area (Å²) in [7, 11) is 3.27. The van der Waals surface area contributed by atoms with Crippen LogP contribution < -0.4 is 4.74 Å². The van der Waals surface area contributed by atoms with E-state index in [0.717, 1.165) is 17.3 Å². The number of carbonyl (C=O) groups excluding carboxylic acids is 1. The standard InChI is InChI=1S/C19H18N4O5S/c1-12-4-6-16(27-3)14(8-12)10-28-18(24)13-5-7-17(15(9-13)23(25)26)29-19-21-20-11-22(19)2/h4-9,11H,10H2,1-3H3. The van der Waals surface area contributed by atoms with Crippen LogP contribution in [0.2, 0.25) is 0 Å². The number of aromatic nitrogens is 3. The molecule has 3 aromatic rings. The minimum Gasteiger partial charge on any atom is -0.496 e.